The van der Waals surface area contributed by atoms with Crippen molar-refractivity contribution in [2.45, 2.75) is 110 Å². The molecular weight excluding hydrogens is 809 g/mol. The molecular formula is C65H70N2. The zero-order chi connectivity index (χ0) is 46.3. The van der Waals surface area contributed by atoms with Crippen molar-refractivity contribution in [2.24, 2.45) is 0 Å². The second kappa shape index (κ2) is 23.2. The van der Waals surface area contributed by atoms with Crippen molar-refractivity contribution in [3.8, 4) is 0 Å². The summed E-state index contributed by atoms with van der Waals surface area (Å²) < 4.78 is 0. The minimum Gasteiger partial charge on any atom is -0.311 e. The Balaban J connectivity index is 1.24. The Kier molecular flexibility index (Phi) is 16.2. The average molecular weight is 879 g/mol. The highest BCUT2D eigenvalue weighted by Gasteiger charge is 2.38. The second-order valence-electron chi connectivity index (χ2n) is 18.3. The van der Waals surface area contributed by atoms with Crippen LogP contribution >= 0.6 is 0 Å². The molecule has 2 nitrogen and oxygen atoms in total. The number of hydrogen-bond donors (Lipinski definition) is 0. The van der Waals surface area contributed by atoms with Crippen molar-refractivity contribution < 1.29 is 0 Å². The van der Waals surface area contributed by atoms with Crippen molar-refractivity contribution in [3.05, 3.63) is 251 Å². The highest BCUT2D eigenvalue weighted by Crippen LogP contribution is 2.47. The van der Waals surface area contributed by atoms with E-state index >= 15 is 0 Å². The van der Waals surface area contributed by atoms with Gasteiger partial charge in [0.05, 0.1) is 5.41 Å². The van der Waals surface area contributed by atoms with Crippen LogP contribution in [0.5, 0.6) is 0 Å². The van der Waals surface area contributed by atoms with Crippen LogP contribution in [0.1, 0.15) is 124 Å². The summed E-state index contributed by atoms with van der Waals surface area (Å²) in [6, 6.07) is 77.9. The summed E-state index contributed by atoms with van der Waals surface area (Å²) >= 11 is 0. The standard InChI is InChI=1S/C65H70N2/c1-5-9-19-51-27-39-59(40-28-51)66(60-41-29-52(30-42-60)20-10-6-2)63-47-35-57(36-48-63)65(55-23-15-13-16-24-55,56-25-17-14-18-26-56)58-37-49-64(50-38-58)67(61-43-31-53(32-44-61)21-11-7-3)62-45-33-54(34-46-62)22-12-8-4/h13-18,23-50H,5-12,19-22H2,1-4H3. The predicted molar refractivity (Wildman–Crippen MR) is 289 cm³/mol. The van der Waals surface area contributed by atoms with Crippen LogP contribution in [0, 0.1) is 0 Å². The van der Waals surface area contributed by atoms with Crippen LogP contribution < -0.4 is 9.80 Å². The van der Waals surface area contributed by atoms with Gasteiger partial charge >= 0.3 is 0 Å². The maximum atomic E-state index is 2.42. The van der Waals surface area contributed by atoms with Gasteiger partial charge in [-0.15, -0.1) is 0 Å². The smallest absolute Gasteiger partial charge is 0.0701 e. The normalized spacial score (nSPS) is 11.4. The number of unbranched alkanes of at least 4 members (excludes halogenated alkanes) is 4. The van der Waals surface area contributed by atoms with Gasteiger partial charge in [0, 0.05) is 34.1 Å². The summed E-state index contributed by atoms with van der Waals surface area (Å²) in [6.07, 6.45) is 14.0. The first kappa shape index (κ1) is 46.9. The van der Waals surface area contributed by atoms with Gasteiger partial charge in [0.15, 0.2) is 0 Å². The zero-order valence-electron chi connectivity index (χ0n) is 40.5. The lowest BCUT2D eigenvalue weighted by atomic mass is 9.65. The summed E-state index contributed by atoms with van der Waals surface area (Å²) in [5.74, 6) is 0. The molecule has 2 heteroatoms. The molecule has 0 aliphatic rings. The number of nitrogens with zero attached hydrogens (tertiary/aromatic N) is 2. The summed E-state index contributed by atoms with van der Waals surface area (Å²) in [7, 11) is 0. The monoisotopic (exact) mass is 879 g/mol. The molecule has 0 aliphatic carbocycles. The molecule has 0 fully saturated rings. The van der Waals surface area contributed by atoms with Gasteiger partial charge in [-0.3, -0.25) is 0 Å². The van der Waals surface area contributed by atoms with Crippen LogP contribution in [0.25, 0.3) is 0 Å². The summed E-state index contributed by atoms with van der Waals surface area (Å²) in [6.45, 7) is 9.06. The van der Waals surface area contributed by atoms with Gasteiger partial charge in [-0.2, -0.15) is 0 Å². The first-order valence-corrected chi connectivity index (χ1v) is 25.3. The lowest BCUT2D eigenvalue weighted by Crippen LogP contribution is -2.31. The third-order valence-electron chi connectivity index (χ3n) is 13.6. The Morgan fingerprint density at radius 1 is 0.254 bits per heavy atom. The molecule has 0 amide bonds. The number of anilines is 6. The molecule has 8 aromatic rings. The Morgan fingerprint density at radius 2 is 0.463 bits per heavy atom. The molecule has 8 aromatic carbocycles. The zero-order valence-corrected chi connectivity index (χ0v) is 40.5. The fourth-order valence-electron chi connectivity index (χ4n) is 9.76. The molecule has 0 heterocycles. The van der Waals surface area contributed by atoms with Crippen LogP contribution in [-0.4, -0.2) is 0 Å². The molecule has 0 bridgehead atoms. The maximum Gasteiger partial charge on any atom is 0.0701 e. The van der Waals surface area contributed by atoms with E-state index in [2.05, 4.69) is 244 Å². The molecule has 8 rings (SSSR count). The van der Waals surface area contributed by atoms with E-state index in [1.807, 2.05) is 0 Å². The number of hydrogen-bond acceptors (Lipinski definition) is 2. The molecule has 0 aliphatic heterocycles. The topological polar surface area (TPSA) is 6.48 Å². The number of benzene rings is 8. The van der Waals surface area contributed by atoms with Gasteiger partial charge in [-0.1, -0.05) is 187 Å². The number of aryl methyl sites for hydroxylation is 4. The molecule has 0 atom stereocenters. The summed E-state index contributed by atoms with van der Waals surface area (Å²) in [5, 5.41) is 0. The first-order chi connectivity index (χ1) is 33.0. The largest absolute Gasteiger partial charge is 0.311 e. The maximum absolute atomic E-state index is 2.42. The van der Waals surface area contributed by atoms with Gasteiger partial charge < -0.3 is 9.80 Å². The van der Waals surface area contributed by atoms with Gasteiger partial charge in [0.25, 0.3) is 0 Å². The van der Waals surface area contributed by atoms with Crippen molar-refractivity contribution in [1.29, 1.82) is 0 Å². The number of rotatable bonds is 22. The summed E-state index contributed by atoms with van der Waals surface area (Å²) in [5.41, 5.74) is 16.8. The quantitative estimate of drug-likeness (QED) is 0.0626. The molecule has 0 saturated heterocycles. The lowest BCUT2D eigenvalue weighted by molar-refractivity contribution is 0.745. The molecule has 0 unspecified atom stereocenters. The second-order valence-corrected chi connectivity index (χ2v) is 18.3. The lowest BCUT2D eigenvalue weighted by Gasteiger charge is -2.37. The molecule has 0 radical (unpaired) electrons. The van der Waals surface area contributed by atoms with E-state index in [4.69, 9.17) is 0 Å². The molecule has 0 N–H and O–H groups in total. The van der Waals surface area contributed by atoms with E-state index in [9.17, 15) is 0 Å². The minimum atomic E-state index is -0.598. The van der Waals surface area contributed by atoms with E-state index in [0.717, 1.165) is 59.8 Å². The van der Waals surface area contributed by atoms with Gasteiger partial charge in [0.1, 0.15) is 0 Å². The van der Waals surface area contributed by atoms with Crippen molar-refractivity contribution in [1.82, 2.24) is 0 Å². The van der Waals surface area contributed by atoms with Crippen LogP contribution in [-0.2, 0) is 31.1 Å². The first-order valence-electron chi connectivity index (χ1n) is 25.3. The summed E-state index contributed by atoms with van der Waals surface area (Å²) in [4.78, 5) is 4.83. The molecule has 0 saturated carbocycles. The molecule has 67 heavy (non-hydrogen) atoms. The van der Waals surface area contributed by atoms with Crippen molar-refractivity contribution in [2.75, 3.05) is 9.80 Å². The fraction of sp³-hybridized carbons (Fsp3) is 0.262. The van der Waals surface area contributed by atoms with Gasteiger partial charge in [-0.05, 0) is 169 Å². The third kappa shape index (κ3) is 11.0. The Morgan fingerprint density at radius 3 is 0.687 bits per heavy atom. The van der Waals surface area contributed by atoms with Crippen LogP contribution in [0.15, 0.2) is 206 Å². The van der Waals surface area contributed by atoms with E-state index in [1.165, 1.54) is 95.9 Å². The van der Waals surface area contributed by atoms with Gasteiger partial charge in [0.2, 0.25) is 0 Å². The van der Waals surface area contributed by atoms with Crippen LogP contribution in [0.4, 0.5) is 34.1 Å². The fourth-order valence-corrected chi connectivity index (χ4v) is 9.76. The Bertz CT molecular complexity index is 2370. The van der Waals surface area contributed by atoms with Crippen LogP contribution in [0.3, 0.4) is 0 Å². The molecule has 0 spiro atoms. The van der Waals surface area contributed by atoms with Gasteiger partial charge in [-0.25, -0.2) is 0 Å². The minimum absolute atomic E-state index is 0.598. The molecule has 0 aromatic heterocycles. The Hall–Kier alpha value is -6.64. The third-order valence-corrected chi connectivity index (χ3v) is 13.6. The average Bonchev–Trinajstić information content (AvgIpc) is 3.39. The van der Waals surface area contributed by atoms with Crippen LogP contribution in [0.2, 0.25) is 0 Å². The Labute approximate surface area is 403 Å². The molecule has 340 valence electrons. The van der Waals surface area contributed by atoms with E-state index in [1.54, 1.807) is 0 Å². The van der Waals surface area contributed by atoms with E-state index < -0.39 is 5.41 Å². The van der Waals surface area contributed by atoms with Crippen molar-refractivity contribution in [3.63, 3.8) is 0 Å². The van der Waals surface area contributed by atoms with Crippen molar-refractivity contribution >= 4 is 34.1 Å². The highest BCUT2D eigenvalue weighted by atomic mass is 15.1. The highest BCUT2D eigenvalue weighted by molar-refractivity contribution is 5.79. The predicted octanol–water partition coefficient (Wildman–Crippen LogP) is 18.4. The van der Waals surface area contributed by atoms with E-state index in [-0.39, 0.29) is 0 Å². The van der Waals surface area contributed by atoms with E-state index in [0.29, 0.717) is 0 Å². The SMILES string of the molecule is CCCCc1ccc(N(c2ccc(CCCC)cc2)c2ccc(C(c3ccccc3)(c3ccccc3)c3ccc(N(c4ccc(CCCC)cc4)c4ccc(CCCC)cc4)cc3)cc2)cc1.